The minimum Gasteiger partial charge on any atom is -0.338 e. The van der Waals surface area contributed by atoms with Crippen molar-refractivity contribution in [3.05, 3.63) is 78.4 Å². The first kappa shape index (κ1) is 15.7. The predicted octanol–water partition coefficient (Wildman–Crippen LogP) is 2.31. The molecule has 3 aromatic rings. The molecule has 6 heteroatoms. The van der Waals surface area contributed by atoms with Gasteiger partial charge < -0.3 is 10.6 Å². The van der Waals surface area contributed by atoms with E-state index in [0.29, 0.717) is 13.1 Å². The summed E-state index contributed by atoms with van der Waals surface area (Å²) >= 11 is 0. The second-order valence-corrected chi connectivity index (χ2v) is 5.31. The van der Waals surface area contributed by atoms with E-state index >= 15 is 0 Å². The molecular weight excluding hydrogens is 302 g/mol. The fourth-order valence-corrected chi connectivity index (χ4v) is 2.27. The van der Waals surface area contributed by atoms with Crippen LogP contribution in [0.15, 0.2) is 67.1 Å². The SMILES string of the molecule is O=C(NCCc1cnn(-c2ccccc2)c1)NCc1ccccn1. The third-order valence-corrected chi connectivity index (χ3v) is 3.51. The molecule has 0 aliphatic heterocycles. The number of urea groups is 1. The van der Waals surface area contributed by atoms with Crippen LogP contribution < -0.4 is 10.6 Å². The number of rotatable bonds is 6. The number of carbonyl (C=O) groups is 1. The van der Waals surface area contributed by atoms with E-state index in [4.69, 9.17) is 0 Å². The summed E-state index contributed by atoms with van der Waals surface area (Å²) in [6, 6.07) is 15.3. The zero-order chi connectivity index (χ0) is 16.6. The van der Waals surface area contributed by atoms with Crippen LogP contribution in [0.25, 0.3) is 5.69 Å². The van der Waals surface area contributed by atoms with Gasteiger partial charge in [0.25, 0.3) is 0 Å². The molecular formula is C18H19N5O. The van der Waals surface area contributed by atoms with Crippen LogP contribution in [0, 0.1) is 0 Å². The number of benzene rings is 1. The Bertz CT molecular complexity index is 770. The number of nitrogens with zero attached hydrogens (tertiary/aromatic N) is 3. The highest BCUT2D eigenvalue weighted by Gasteiger charge is 2.03. The van der Waals surface area contributed by atoms with Gasteiger partial charge in [-0.3, -0.25) is 4.98 Å². The highest BCUT2D eigenvalue weighted by molar-refractivity contribution is 5.73. The van der Waals surface area contributed by atoms with Crippen LogP contribution >= 0.6 is 0 Å². The number of nitrogens with one attached hydrogen (secondary N) is 2. The van der Waals surface area contributed by atoms with Crippen LogP contribution in [0.2, 0.25) is 0 Å². The summed E-state index contributed by atoms with van der Waals surface area (Å²) in [6.07, 6.45) is 6.23. The molecule has 2 amide bonds. The van der Waals surface area contributed by atoms with Crippen LogP contribution in [-0.2, 0) is 13.0 Å². The lowest BCUT2D eigenvalue weighted by Crippen LogP contribution is -2.36. The number of pyridine rings is 1. The lowest BCUT2D eigenvalue weighted by Gasteiger charge is -2.06. The van der Waals surface area contributed by atoms with Gasteiger partial charge in [0.2, 0.25) is 0 Å². The second kappa shape index (κ2) is 7.92. The number of hydrogen-bond acceptors (Lipinski definition) is 3. The molecule has 3 rings (SSSR count). The highest BCUT2D eigenvalue weighted by atomic mass is 16.2. The molecule has 2 N–H and O–H groups in total. The first-order valence-corrected chi connectivity index (χ1v) is 7.82. The van der Waals surface area contributed by atoms with Gasteiger partial charge in [-0.15, -0.1) is 0 Å². The standard InChI is InChI=1S/C18H19N5O/c24-18(21-13-16-6-4-5-10-19-16)20-11-9-15-12-22-23(14-15)17-7-2-1-3-8-17/h1-8,10,12,14H,9,11,13H2,(H2,20,21,24). The van der Waals surface area contributed by atoms with Gasteiger partial charge in [0, 0.05) is 18.9 Å². The molecule has 0 spiro atoms. The lowest BCUT2D eigenvalue weighted by atomic mass is 10.2. The molecule has 0 saturated heterocycles. The van der Waals surface area contributed by atoms with E-state index in [1.165, 1.54) is 0 Å². The van der Waals surface area contributed by atoms with Crippen LogP contribution in [-0.4, -0.2) is 27.3 Å². The van der Waals surface area contributed by atoms with Crippen LogP contribution in [0.5, 0.6) is 0 Å². The molecule has 0 aliphatic rings. The summed E-state index contributed by atoms with van der Waals surface area (Å²) in [7, 11) is 0. The number of hydrogen-bond donors (Lipinski definition) is 2. The van der Waals surface area contributed by atoms with Crippen LogP contribution in [0.4, 0.5) is 4.79 Å². The van der Waals surface area contributed by atoms with Crippen molar-refractivity contribution in [1.29, 1.82) is 0 Å². The molecule has 122 valence electrons. The maximum absolute atomic E-state index is 11.8. The summed E-state index contributed by atoms with van der Waals surface area (Å²) in [5.74, 6) is 0. The molecule has 0 radical (unpaired) electrons. The Morgan fingerprint density at radius 2 is 1.88 bits per heavy atom. The van der Waals surface area contributed by atoms with Gasteiger partial charge in [-0.25, -0.2) is 9.48 Å². The van der Waals surface area contributed by atoms with Gasteiger partial charge in [0.05, 0.1) is 24.1 Å². The van der Waals surface area contributed by atoms with Crippen LogP contribution in [0.3, 0.4) is 0 Å². The van der Waals surface area contributed by atoms with Gasteiger partial charge in [-0.05, 0) is 36.2 Å². The van der Waals surface area contributed by atoms with Crippen molar-refractivity contribution < 1.29 is 4.79 Å². The van der Waals surface area contributed by atoms with Crippen molar-refractivity contribution in [2.45, 2.75) is 13.0 Å². The zero-order valence-corrected chi connectivity index (χ0v) is 13.2. The van der Waals surface area contributed by atoms with E-state index in [2.05, 4.69) is 20.7 Å². The Hall–Kier alpha value is -3.15. The zero-order valence-electron chi connectivity index (χ0n) is 13.2. The fourth-order valence-electron chi connectivity index (χ4n) is 2.27. The topological polar surface area (TPSA) is 71.8 Å². The molecule has 0 unspecified atom stereocenters. The van der Waals surface area contributed by atoms with Crippen molar-refractivity contribution in [1.82, 2.24) is 25.4 Å². The Balaban J connectivity index is 1.42. The predicted molar refractivity (Wildman–Crippen MR) is 91.7 cm³/mol. The van der Waals surface area contributed by atoms with E-state index in [9.17, 15) is 4.79 Å². The van der Waals surface area contributed by atoms with Crippen molar-refractivity contribution >= 4 is 6.03 Å². The number of aromatic nitrogens is 3. The molecule has 0 bridgehead atoms. The van der Waals surface area contributed by atoms with Gasteiger partial charge in [0.1, 0.15) is 0 Å². The van der Waals surface area contributed by atoms with E-state index in [1.54, 1.807) is 6.20 Å². The summed E-state index contributed by atoms with van der Waals surface area (Å²) in [5.41, 5.74) is 2.92. The van der Waals surface area contributed by atoms with Crippen LogP contribution in [0.1, 0.15) is 11.3 Å². The first-order valence-electron chi connectivity index (χ1n) is 7.82. The van der Waals surface area contributed by atoms with E-state index in [-0.39, 0.29) is 6.03 Å². The van der Waals surface area contributed by atoms with Gasteiger partial charge in [0.15, 0.2) is 0 Å². The van der Waals surface area contributed by atoms with E-state index < -0.39 is 0 Å². The number of para-hydroxylation sites is 1. The molecule has 2 aromatic heterocycles. The lowest BCUT2D eigenvalue weighted by molar-refractivity contribution is 0.240. The highest BCUT2D eigenvalue weighted by Crippen LogP contribution is 2.07. The molecule has 24 heavy (non-hydrogen) atoms. The maximum atomic E-state index is 11.8. The Morgan fingerprint density at radius 1 is 1.04 bits per heavy atom. The van der Waals surface area contributed by atoms with E-state index in [1.807, 2.05) is 65.6 Å². The summed E-state index contributed by atoms with van der Waals surface area (Å²) in [4.78, 5) is 15.9. The Labute approximate surface area is 140 Å². The third-order valence-electron chi connectivity index (χ3n) is 3.51. The van der Waals surface area contributed by atoms with Gasteiger partial charge in [-0.2, -0.15) is 5.10 Å². The summed E-state index contributed by atoms with van der Waals surface area (Å²) in [5, 5.41) is 9.96. The van der Waals surface area contributed by atoms with Crippen molar-refractivity contribution in [3.8, 4) is 5.69 Å². The van der Waals surface area contributed by atoms with Crippen molar-refractivity contribution in [2.75, 3.05) is 6.54 Å². The Kier molecular flexibility index (Phi) is 5.19. The second-order valence-electron chi connectivity index (χ2n) is 5.31. The van der Waals surface area contributed by atoms with E-state index in [0.717, 1.165) is 23.4 Å². The first-order chi connectivity index (χ1) is 11.8. The molecule has 0 saturated carbocycles. The van der Waals surface area contributed by atoms with Crippen molar-refractivity contribution in [3.63, 3.8) is 0 Å². The fraction of sp³-hybridized carbons (Fsp3) is 0.167. The normalized spacial score (nSPS) is 10.3. The molecule has 0 atom stereocenters. The minimum atomic E-state index is -0.198. The third kappa shape index (κ3) is 4.42. The number of carbonyl (C=O) groups excluding carboxylic acids is 1. The van der Waals surface area contributed by atoms with Crippen molar-refractivity contribution in [2.24, 2.45) is 0 Å². The molecule has 0 fully saturated rings. The minimum absolute atomic E-state index is 0.198. The number of amides is 2. The largest absolute Gasteiger partial charge is 0.338 e. The summed E-state index contributed by atoms with van der Waals surface area (Å²) in [6.45, 7) is 0.965. The average molecular weight is 321 g/mol. The smallest absolute Gasteiger partial charge is 0.315 e. The molecule has 2 heterocycles. The summed E-state index contributed by atoms with van der Waals surface area (Å²) < 4.78 is 1.83. The average Bonchev–Trinajstić information content (AvgIpc) is 3.11. The monoisotopic (exact) mass is 321 g/mol. The maximum Gasteiger partial charge on any atom is 0.315 e. The van der Waals surface area contributed by atoms with Gasteiger partial charge in [-0.1, -0.05) is 24.3 Å². The quantitative estimate of drug-likeness (QED) is 0.732. The molecule has 6 nitrogen and oxygen atoms in total. The Morgan fingerprint density at radius 3 is 2.67 bits per heavy atom. The molecule has 1 aromatic carbocycles. The van der Waals surface area contributed by atoms with Gasteiger partial charge >= 0.3 is 6.03 Å². The molecule has 0 aliphatic carbocycles.